The zero-order valence-electron chi connectivity index (χ0n) is 13.6. The van der Waals surface area contributed by atoms with E-state index in [1.807, 2.05) is 21.7 Å². The summed E-state index contributed by atoms with van der Waals surface area (Å²) in [5.41, 5.74) is 1.08. The molecule has 0 N–H and O–H groups in total. The number of thiophene rings is 1. The van der Waals surface area contributed by atoms with Gasteiger partial charge in [-0.25, -0.2) is 0 Å². The van der Waals surface area contributed by atoms with E-state index in [4.69, 9.17) is 0 Å². The molecule has 0 aliphatic carbocycles. The van der Waals surface area contributed by atoms with Crippen LogP contribution in [-0.2, 0) is 17.4 Å². The van der Waals surface area contributed by atoms with Crippen molar-refractivity contribution < 1.29 is 18.0 Å². The fourth-order valence-corrected chi connectivity index (χ4v) is 3.64. The van der Waals surface area contributed by atoms with Crippen molar-refractivity contribution in [2.24, 2.45) is 0 Å². The van der Waals surface area contributed by atoms with Gasteiger partial charge in [-0.3, -0.25) is 4.79 Å². The standard InChI is InChI=1S/C18H19F3N2OS/c19-18(20,21)15-2-1-3-16(12-15)22-7-9-23(10-8-22)17(24)5-4-14-6-11-25-13-14/h1-3,6,11-13H,4-5,7-10H2. The van der Waals surface area contributed by atoms with Crippen molar-refractivity contribution >= 4 is 22.9 Å². The molecule has 1 saturated heterocycles. The predicted octanol–water partition coefficient (Wildman–Crippen LogP) is 4.05. The van der Waals surface area contributed by atoms with Gasteiger partial charge in [0.25, 0.3) is 0 Å². The number of hydrogen-bond donors (Lipinski definition) is 0. The first-order valence-corrected chi connectivity index (χ1v) is 9.09. The number of alkyl halides is 3. The maximum atomic E-state index is 12.8. The Labute approximate surface area is 148 Å². The molecular formula is C18H19F3N2OS. The van der Waals surface area contributed by atoms with E-state index in [0.717, 1.165) is 12.5 Å². The molecule has 25 heavy (non-hydrogen) atoms. The van der Waals surface area contributed by atoms with E-state index in [0.29, 0.717) is 38.3 Å². The molecule has 3 nitrogen and oxygen atoms in total. The molecule has 0 atom stereocenters. The molecule has 0 spiro atoms. The fraction of sp³-hybridized carbons (Fsp3) is 0.389. The van der Waals surface area contributed by atoms with Gasteiger partial charge in [0.15, 0.2) is 0 Å². The van der Waals surface area contributed by atoms with Gasteiger partial charge in [-0.2, -0.15) is 24.5 Å². The third-order valence-corrected chi connectivity index (χ3v) is 5.11. The highest BCUT2D eigenvalue weighted by Crippen LogP contribution is 2.31. The Bertz CT molecular complexity index is 707. The first-order valence-electron chi connectivity index (χ1n) is 8.14. The lowest BCUT2D eigenvalue weighted by molar-refractivity contribution is -0.137. The molecule has 1 fully saturated rings. The van der Waals surface area contributed by atoms with Gasteiger partial charge < -0.3 is 9.80 Å². The Kier molecular flexibility index (Phi) is 5.32. The summed E-state index contributed by atoms with van der Waals surface area (Å²) in [5, 5.41) is 4.03. The maximum absolute atomic E-state index is 12.8. The van der Waals surface area contributed by atoms with Crippen molar-refractivity contribution in [1.82, 2.24) is 4.90 Å². The summed E-state index contributed by atoms with van der Waals surface area (Å²) in [6, 6.07) is 7.38. The average molecular weight is 368 g/mol. The van der Waals surface area contributed by atoms with Crippen LogP contribution in [0.5, 0.6) is 0 Å². The minimum atomic E-state index is -4.34. The first-order chi connectivity index (χ1) is 11.9. The number of rotatable bonds is 4. The minimum Gasteiger partial charge on any atom is -0.368 e. The van der Waals surface area contributed by atoms with Crippen LogP contribution in [0.4, 0.5) is 18.9 Å². The summed E-state index contributed by atoms with van der Waals surface area (Å²) in [6.07, 6.45) is -3.13. The Hall–Kier alpha value is -2.02. The minimum absolute atomic E-state index is 0.106. The van der Waals surface area contributed by atoms with Crippen LogP contribution < -0.4 is 4.90 Å². The molecule has 1 aromatic carbocycles. The molecule has 0 unspecified atom stereocenters. The summed E-state index contributed by atoms with van der Waals surface area (Å²) < 4.78 is 38.5. The molecule has 3 rings (SSSR count). The van der Waals surface area contributed by atoms with E-state index >= 15 is 0 Å². The third-order valence-electron chi connectivity index (χ3n) is 4.38. The molecule has 134 valence electrons. The molecule has 2 aromatic rings. The highest BCUT2D eigenvalue weighted by molar-refractivity contribution is 7.07. The Morgan fingerprint density at radius 3 is 2.52 bits per heavy atom. The smallest absolute Gasteiger partial charge is 0.368 e. The van der Waals surface area contributed by atoms with E-state index in [2.05, 4.69) is 0 Å². The van der Waals surface area contributed by atoms with Gasteiger partial charge in [0.05, 0.1) is 5.56 Å². The SMILES string of the molecule is O=C(CCc1ccsc1)N1CCN(c2cccc(C(F)(F)F)c2)CC1. The molecule has 0 bridgehead atoms. The maximum Gasteiger partial charge on any atom is 0.416 e. The summed E-state index contributed by atoms with van der Waals surface area (Å²) in [6.45, 7) is 2.18. The van der Waals surface area contributed by atoms with Crippen LogP contribution in [0.25, 0.3) is 0 Å². The molecule has 2 heterocycles. The van der Waals surface area contributed by atoms with Gasteiger partial charge in [0.2, 0.25) is 5.91 Å². The van der Waals surface area contributed by atoms with E-state index in [1.54, 1.807) is 22.3 Å². The zero-order valence-corrected chi connectivity index (χ0v) is 14.4. The van der Waals surface area contributed by atoms with Gasteiger partial charge >= 0.3 is 6.18 Å². The molecular weight excluding hydrogens is 349 g/mol. The Morgan fingerprint density at radius 1 is 1.12 bits per heavy atom. The van der Waals surface area contributed by atoms with Crippen molar-refractivity contribution in [3.63, 3.8) is 0 Å². The molecule has 7 heteroatoms. The largest absolute Gasteiger partial charge is 0.416 e. The van der Waals surface area contributed by atoms with Crippen LogP contribution >= 0.6 is 11.3 Å². The summed E-state index contributed by atoms with van der Waals surface area (Å²) >= 11 is 1.62. The van der Waals surface area contributed by atoms with Gasteiger partial charge in [-0.15, -0.1) is 0 Å². The number of hydrogen-bond acceptors (Lipinski definition) is 3. The molecule has 0 radical (unpaired) electrons. The van der Waals surface area contributed by atoms with Crippen LogP contribution in [0.2, 0.25) is 0 Å². The molecule has 1 aliphatic heterocycles. The molecule has 1 aliphatic rings. The van der Waals surface area contributed by atoms with E-state index < -0.39 is 11.7 Å². The number of benzene rings is 1. The van der Waals surface area contributed by atoms with Gasteiger partial charge in [0.1, 0.15) is 0 Å². The van der Waals surface area contributed by atoms with Crippen LogP contribution in [0.3, 0.4) is 0 Å². The highest BCUT2D eigenvalue weighted by Gasteiger charge is 2.31. The number of carbonyl (C=O) groups excluding carboxylic acids is 1. The summed E-state index contributed by atoms with van der Waals surface area (Å²) in [7, 11) is 0. The number of carbonyl (C=O) groups is 1. The van der Waals surface area contributed by atoms with E-state index in [9.17, 15) is 18.0 Å². The second-order valence-electron chi connectivity index (χ2n) is 6.05. The first kappa shape index (κ1) is 17.8. The number of nitrogens with zero attached hydrogens (tertiary/aromatic N) is 2. The van der Waals surface area contributed by atoms with Crippen LogP contribution in [-0.4, -0.2) is 37.0 Å². The number of piperazine rings is 1. The third kappa shape index (κ3) is 4.54. The van der Waals surface area contributed by atoms with Crippen molar-refractivity contribution in [2.75, 3.05) is 31.1 Å². The predicted molar refractivity (Wildman–Crippen MR) is 92.9 cm³/mol. The average Bonchev–Trinajstić information content (AvgIpc) is 3.13. The quantitative estimate of drug-likeness (QED) is 0.813. The number of halogens is 3. The number of anilines is 1. The number of amides is 1. The molecule has 1 amide bonds. The second-order valence-corrected chi connectivity index (χ2v) is 6.83. The summed E-state index contributed by atoms with van der Waals surface area (Å²) in [5.74, 6) is 0.106. The lowest BCUT2D eigenvalue weighted by Gasteiger charge is -2.36. The van der Waals surface area contributed by atoms with E-state index in [1.165, 1.54) is 17.7 Å². The molecule has 1 aromatic heterocycles. The second kappa shape index (κ2) is 7.47. The van der Waals surface area contributed by atoms with Gasteiger partial charge in [0, 0.05) is 38.3 Å². The molecule has 0 saturated carbocycles. The zero-order chi connectivity index (χ0) is 17.9. The monoisotopic (exact) mass is 368 g/mol. The van der Waals surface area contributed by atoms with Crippen LogP contribution in [0.1, 0.15) is 17.5 Å². The highest BCUT2D eigenvalue weighted by atomic mass is 32.1. The van der Waals surface area contributed by atoms with Crippen molar-refractivity contribution in [3.8, 4) is 0 Å². The van der Waals surface area contributed by atoms with Crippen LogP contribution in [0.15, 0.2) is 41.1 Å². The van der Waals surface area contributed by atoms with Crippen LogP contribution in [0, 0.1) is 0 Å². The Morgan fingerprint density at radius 2 is 1.88 bits per heavy atom. The van der Waals surface area contributed by atoms with Gasteiger partial charge in [-0.1, -0.05) is 6.07 Å². The van der Waals surface area contributed by atoms with Gasteiger partial charge in [-0.05, 0) is 47.0 Å². The van der Waals surface area contributed by atoms with Crippen molar-refractivity contribution in [2.45, 2.75) is 19.0 Å². The van der Waals surface area contributed by atoms with Crippen molar-refractivity contribution in [1.29, 1.82) is 0 Å². The lowest BCUT2D eigenvalue weighted by Crippen LogP contribution is -2.48. The normalized spacial score (nSPS) is 15.5. The van der Waals surface area contributed by atoms with E-state index in [-0.39, 0.29) is 5.91 Å². The van der Waals surface area contributed by atoms with Crippen molar-refractivity contribution in [3.05, 3.63) is 52.2 Å². The Balaban J connectivity index is 1.54. The topological polar surface area (TPSA) is 23.6 Å². The summed E-state index contributed by atoms with van der Waals surface area (Å²) in [4.78, 5) is 16.0. The lowest BCUT2D eigenvalue weighted by atomic mass is 10.1. The number of aryl methyl sites for hydroxylation is 1. The fourth-order valence-electron chi connectivity index (χ4n) is 2.94.